The van der Waals surface area contributed by atoms with Crippen molar-refractivity contribution in [3.05, 3.63) is 29.3 Å². The molecule has 0 radical (unpaired) electrons. The summed E-state index contributed by atoms with van der Waals surface area (Å²) in [5.74, 6) is -0.0403. The van der Waals surface area contributed by atoms with Gasteiger partial charge in [0.05, 0.1) is 6.54 Å². The molecule has 0 fully saturated rings. The van der Waals surface area contributed by atoms with E-state index in [1.807, 2.05) is 0 Å². The number of benzene rings is 1. The molecule has 0 heterocycles. The highest BCUT2D eigenvalue weighted by atomic mass is 35.5. The highest BCUT2D eigenvalue weighted by molar-refractivity contribution is 6.30. The van der Waals surface area contributed by atoms with Crippen molar-refractivity contribution in [2.45, 2.75) is 39.2 Å². The molecule has 0 unspecified atom stereocenters. The fourth-order valence-corrected chi connectivity index (χ4v) is 1.90. The highest BCUT2D eigenvalue weighted by Gasteiger charge is 2.16. The standard InChI is InChI=1S/C14H21ClN2O/c1-4-9-14(2,3)16-10-13(18)17-12-7-5-11(15)6-8-12/h5-8,16H,4,9-10H2,1-3H3,(H,17,18). The van der Waals surface area contributed by atoms with Gasteiger partial charge in [0, 0.05) is 16.2 Å². The summed E-state index contributed by atoms with van der Waals surface area (Å²) in [6, 6.07) is 7.09. The molecule has 3 nitrogen and oxygen atoms in total. The van der Waals surface area contributed by atoms with Crippen LogP contribution < -0.4 is 10.6 Å². The Morgan fingerprint density at radius 1 is 1.28 bits per heavy atom. The van der Waals surface area contributed by atoms with Crippen LogP contribution in [0.15, 0.2) is 24.3 Å². The quantitative estimate of drug-likeness (QED) is 0.830. The van der Waals surface area contributed by atoms with E-state index in [1.165, 1.54) is 0 Å². The van der Waals surface area contributed by atoms with Gasteiger partial charge in [-0.15, -0.1) is 0 Å². The number of amides is 1. The minimum absolute atomic E-state index is 0.00785. The van der Waals surface area contributed by atoms with Gasteiger partial charge >= 0.3 is 0 Å². The average molecular weight is 269 g/mol. The Labute approximate surface area is 114 Å². The molecule has 100 valence electrons. The summed E-state index contributed by atoms with van der Waals surface area (Å²) >= 11 is 5.78. The molecule has 1 aromatic rings. The predicted octanol–water partition coefficient (Wildman–Crippen LogP) is 3.45. The van der Waals surface area contributed by atoms with Crippen molar-refractivity contribution in [1.82, 2.24) is 5.32 Å². The molecule has 4 heteroatoms. The zero-order valence-electron chi connectivity index (χ0n) is 11.2. The zero-order chi connectivity index (χ0) is 13.6. The van der Waals surface area contributed by atoms with Crippen LogP contribution in [0.2, 0.25) is 5.02 Å². The zero-order valence-corrected chi connectivity index (χ0v) is 12.0. The summed E-state index contributed by atoms with van der Waals surface area (Å²) in [5.41, 5.74) is 0.756. The van der Waals surface area contributed by atoms with Gasteiger partial charge in [0.1, 0.15) is 0 Å². The van der Waals surface area contributed by atoms with Crippen molar-refractivity contribution in [1.29, 1.82) is 0 Å². The van der Waals surface area contributed by atoms with E-state index in [2.05, 4.69) is 31.4 Å². The molecule has 0 aromatic heterocycles. The molecule has 0 saturated carbocycles. The maximum absolute atomic E-state index is 11.7. The summed E-state index contributed by atoms with van der Waals surface area (Å²) < 4.78 is 0. The SMILES string of the molecule is CCCC(C)(C)NCC(=O)Nc1ccc(Cl)cc1. The molecule has 0 aliphatic carbocycles. The molecule has 0 spiro atoms. The van der Waals surface area contributed by atoms with Gasteiger partial charge in [0.15, 0.2) is 0 Å². The minimum atomic E-state index is -0.0403. The molecular formula is C14H21ClN2O. The van der Waals surface area contributed by atoms with Gasteiger partial charge in [0.2, 0.25) is 5.91 Å². The monoisotopic (exact) mass is 268 g/mol. The third kappa shape index (κ3) is 5.52. The molecule has 0 bridgehead atoms. The fraction of sp³-hybridized carbons (Fsp3) is 0.500. The van der Waals surface area contributed by atoms with Crippen molar-refractivity contribution >= 4 is 23.2 Å². The molecule has 18 heavy (non-hydrogen) atoms. The summed E-state index contributed by atoms with van der Waals surface area (Å²) in [7, 11) is 0. The summed E-state index contributed by atoms with van der Waals surface area (Å²) in [5, 5.41) is 6.74. The van der Waals surface area contributed by atoms with Crippen LogP contribution in [-0.4, -0.2) is 18.0 Å². The van der Waals surface area contributed by atoms with E-state index in [-0.39, 0.29) is 11.4 Å². The Kier molecular flexibility index (Phi) is 5.63. The van der Waals surface area contributed by atoms with Gasteiger partial charge in [-0.2, -0.15) is 0 Å². The van der Waals surface area contributed by atoms with E-state index in [0.29, 0.717) is 11.6 Å². The molecule has 2 N–H and O–H groups in total. The normalized spacial score (nSPS) is 11.3. The lowest BCUT2D eigenvalue weighted by molar-refractivity contribution is -0.115. The van der Waals surface area contributed by atoms with Crippen molar-refractivity contribution in [3.8, 4) is 0 Å². The predicted molar refractivity (Wildman–Crippen MR) is 77.1 cm³/mol. The molecule has 0 saturated heterocycles. The molecule has 0 atom stereocenters. The van der Waals surface area contributed by atoms with Crippen LogP contribution in [0.5, 0.6) is 0 Å². The van der Waals surface area contributed by atoms with E-state index in [1.54, 1.807) is 24.3 Å². The molecule has 1 aromatic carbocycles. The number of hydrogen-bond donors (Lipinski definition) is 2. The first kappa shape index (κ1) is 15.0. The van der Waals surface area contributed by atoms with Crippen molar-refractivity contribution in [2.75, 3.05) is 11.9 Å². The lowest BCUT2D eigenvalue weighted by Gasteiger charge is -2.25. The van der Waals surface area contributed by atoms with Crippen molar-refractivity contribution < 1.29 is 4.79 Å². The third-order valence-electron chi connectivity index (χ3n) is 2.73. The van der Waals surface area contributed by atoms with E-state index in [4.69, 9.17) is 11.6 Å². The van der Waals surface area contributed by atoms with Gasteiger partial charge in [-0.25, -0.2) is 0 Å². The lowest BCUT2D eigenvalue weighted by atomic mass is 9.99. The Hall–Kier alpha value is -1.06. The Balaban J connectivity index is 2.40. The van der Waals surface area contributed by atoms with Gasteiger partial charge in [0.25, 0.3) is 0 Å². The van der Waals surface area contributed by atoms with Crippen molar-refractivity contribution in [2.24, 2.45) is 0 Å². The Morgan fingerprint density at radius 2 is 1.89 bits per heavy atom. The maximum atomic E-state index is 11.7. The third-order valence-corrected chi connectivity index (χ3v) is 2.98. The van der Waals surface area contributed by atoms with Crippen LogP contribution in [0, 0.1) is 0 Å². The number of rotatable bonds is 6. The molecule has 1 amide bonds. The van der Waals surface area contributed by atoms with Crippen LogP contribution in [0.1, 0.15) is 33.6 Å². The van der Waals surface area contributed by atoms with E-state index < -0.39 is 0 Å². The molecule has 0 aliphatic rings. The highest BCUT2D eigenvalue weighted by Crippen LogP contribution is 2.13. The Bertz CT molecular complexity index is 387. The minimum Gasteiger partial charge on any atom is -0.325 e. The average Bonchev–Trinajstić information content (AvgIpc) is 2.30. The Morgan fingerprint density at radius 3 is 2.44 bits per heavy atom. The van der Waals surface area contributed by atoms with Gasteiger partial charge in [-0.3, -0.25) is 4.79 Å². The smallest absolute Gasteiger partial charge is 0.238 e. The lowest BCUT2D eigenvalue weighted by Crippen LogP contribution is -2.43. The van der Waals surface area contributed by atoms with Crippen LogP contribution >= 0.6 is 11.6 Å². The first-order valence-electron chi connectivity index (χ1n) is 6.23. The number of halogens is 1. The van der Waals surface area contributed by atoms with Crippen LogP contribution in [-0.2, 0) is 4.79 Å². The maximum Gasteiger partial charge on any atom is 0.238 e. The van der Waals surface area contributed by atoms with Gasteiger partial charge < -0.3 is 10.6 Å². The number of nitrogens with one attached hydrogen (secondary N) is 2. The van der Waals surface area contributed by atoms with Crippen LogP contribution in [0.4, 0.5) is 5.69 Å². The summed E-state index contributed by atoms with van der Waals surface area (Å²) in [6.45, 7) is 6.66. The molecule has 1 rings (SSSR count). The van der Waals surface area contributed by atoms with E-state index in [9.17, 15) is 4.79 Å². The van der Waals surface area contributed by atoms with Gasteiger partial charge in [-0.05, 0) is 44.5 Å². The fourth-order valence-electron chi connectivity index (χ4n) is 1.77. The molecule has 0 aliphatic heterocycles. The second-order valence-electron chi connectivity index (χ2n) is 5.04. The number of carbonyl (C=O) groups is 1. The van der Waals surface area contributed by atoms with Crippen LogP contribution in [0.3, 0.4) is 0 Å². The number of carbonyl (C=O) groups excluding carboxylic acids is 1. The second kappa shape index (κ2) is 6.76. The first-order valence-corrected chi connectivity index (χ1v) is 6.61. The summed E-state index contributed by atoms with van der Waals surface area (Å²) in [4.78, 5) is 11.7. The van der Waals surface area contributed by atoms with E-state index in [0.717, 1.165) is 18.5 Å². The largest absolute Gasteiger partial charge is 0.325 e. The van der Waals surface area contributed by atoms with Gasteiger partial charge in [-0.1, -0.05) is 24.9 Å². The van der Waals surface area contributed by atoms with Crippen LogP contribution in [0.25, 0.3) is 0 Å². The molecular weight excluding hydrogens is 248 g/mol. The topological polar surface area (TPSA) is 41.1 Å². The second-order valence-corrected chi connectivity index (χ2v) is 5.48. The summed E-state index contributed by atoms with van der Waals surface area (Å²) in [6.07, 6.45) is 2.14. The number of anilines is 1. The number of hydrogen-bond acceptors (Lipinski definition) is 2. The van der Waals surface area contributed by atoms with E-state index >= 15 is 0 Å². The van der Waals surface area contributed by atoms with Crippen molar-refractivity contribution in [3.63, 3.8) is 0 Å². The first-order chi connectivity index (χ1) is 8.43.